The molecule has 2 N–H and O–H groups in total. The second-order valence-corrected chi connectivity index (χ2v) is 5.86. The van der Waals surface area contributed by atoms with E-state index in [1.165, 1.54) is 11.1 Å². The van der Waals surface area contributed by atoms with E-state index < -0.39 is 0 Å². The summed E-state index contributed by atoms with van der Waals surface area (Å²) in [5.74, 6) is 0.487. The number of nitrogens with one attached hydrogen (secondary N) is 2. The number of benzene rings is 1. The number of carbonyl (C=O) groups is 1. The Hall–Kier alpha value is -1.55. The lowest BCUT2D eigenvalue weighted by atomic mass is 9.89. The van der Waals surface area contributed by atoms with Crippen LogP contribution in [0.1, 0.15) is 23.5 Å². The maximum absolute atomic E-state index is 12.2. The van der Waals surface area contributed by atoms with Crippen molar-refractivity contribution in [1.29, 1.82) is 0 Å². The van der Waals surface area contributed by atoms with Crippen LogP contribution in [0.15, 0.2) is 18.2 Å². The number of likely N-dealkylation sites (N-methyl/N-ethyl adjacent to an activating group) is 1. The van der Waals surface area contributed by atoms with Gasteiger partial charge in [0.05, 0.1) is 32.1 Å². The molecule has 1 aromatic rings. The monoisotopic (exact) mass is 260 g/mol. The van der Waals surface area contributed by atoms with E-state index in [4.69, 9.17) is 0 Å². The van der Waals surface area contributed by atoms with E-state index in [0.29, 0.717) is 12.0 Å². The highest BCUT2D eigenvalue weighted by Gasteiger charge is 2.45. The van der Waals surface area contributed by atoms with Gasteiger partial charge in [-0.15, -0.1) is 0 Å². The Morgan fingerprint density at radius 3 is 3.00 bits per heavy atom. The number of nitrogens with zero attached hydrogens (tertiary/aromatic N) is 1. The Balaban J connectivity index is 2.06. The molecule has 2 aliphatic heterocycles. The molecule has 2 amide bonds. The number of hydrogen-bond donors (Lipinski definition) is 2. The third-order valence-corrected chi connectivity index (χ3v) is 4.51. The van der Waals surface area contributed by atoms with E-state index in [1.54, 1.807) is 11.9 Å². The van der Waals surface area contributed by atoms with Crippen LogP contribution in [0, 0.1) is 6.92 Å². The zero-order chi connectivity index (χ0) is 13.6. The first-order valence-corrected chi connectivity index (χ1v) is 7.04. The van der Waals surface area contributed by atoms with E-state index >= 15 is 0 Å². The number of carbonyl (C=O) groups excluding carboxylic acids is 1. The van der Waals surface area contributed by atoms with Crippen molar-refractivity contribution in [2.75, 3.05) is 32.1 Å². The third-order valence-electron chi connectivity index (χ3n) is 4.51. The van der Waals surface area contributed by atoms with Crippen LogP contribution >= 0.6 is 0 Å². The molecule has 1 fully saturated rings. The molecule has 2 heterocycles. The summed E-state index contributed by atoms with van der Waals surface area (Å²) in [6.45, 7) is 4.38. The molecule has 4 nitrogen and oxygen atoms in total. The average molecular weight is 260 g/mol. The van der Waals surface area contributed by atoms with Gasteiger partial charge in [0.15, 0.2) is 0 Å². The molecule has 1 aromatic carbocycles. The third kappa shape index (κ3) is 1.91. The molecule has 0 aromatic heterocycles. The van der Waals surface area contributed by atoms with E-state index in [-0.39, 0.29) is 6.03 Å². The Labute approximate surface area is 114 Å². The molecular weight excluding hydrogens is 238 g/mol. The SMILES string of the molecule is CNC(=O)N1c2ccc(C)cc2[C@H]2C[NH+](C)CC[C@H]21. The first-order chi connectivity index (χ1) is 9.11. The summed E-state index contributed by atoms with van der Waals surface area (Å²) in [6, 6.07) is 6.82. The smallest absolute Gasteiger partial charge is 0.321 e. The number of urea groups is 1. The topological polar surface area (TPSA) is 36.8 Å². The van der Waals surface area contributed by atoms with Crippen LogP contribution in [0.25, 0.3) is 0 Å². The first kappa shape index (κ1) is 12.5. The quantitative estimate of drug-likeness (QED) is 0.701. The van der Waals surface area contributed by atoms with Gasteiger partial charge in [0.25, 0.3) is 0 Å². The lowest BCUT2D eigenvalue weighted by Gasteiger charge is -2.34. The van der Waals surface area contributed by atoms with Crippen molar-refractivity contribution in [3.8, 4) is 0 Å². The maximum Gasteiger partial charge on any atom is 0.321 e. The van der Waals surface area contributed by atoms with Crippen molar-refractivity contribution >= 4 is 11.7 Å². The fourth-order valence-corrected chi connectivity index (χ4v) is 3.58. The fourth-order valence-electron chi connectivity index (χ4n) is 3.58. The van der Waals surface area contributed by atoms with Crippen molar-refractivity contribution in [2.45, 2.75) is 25.3 Å². The Bertz CT molecular complexity index is 514. The summed E-state index contributed by atoms with van der Waals surface area (Å²) in [6.07, 6.45) is 1.08. The molecule has 0 spiro atoms. The van der Waals surface area contributed by atoms with Crippen LogP contribution in [-0.4, -0.2) is 39.3 Å². The molecule has 0 saturated carbocycles. The van der Waals surface area contributed by atoms with E-state index in [0.717, 1.165) is 25.2 Å². The lowest BCUT2D eigenvalue weighted by Crippen LogP contribution is -3.11. The summed E-state index contributed by atoms with van der Waals surface area (Å²) in [7, 11) is 3.96. The van der Waals surface area contributed by atoms with Gasteiger partial charge in [-0.1, -0.05) is 17.7 Å². The van der Waals surface area contributed by atoms with Crippen molar-refractivity contribution in [3.63, 3.8) is 0 Å². The molecule has 102 valence electrons. The molecule has 1 unspecified atom stereocenters. The van der Waals surface area contributed by atoms with Crippen molar-refractivity contribution in [1.82, 2.24) is 5.32 Å². The molecule has 2 aliphatic rings. The zero-order valence-electron chi connectivity index (χ0n) is 11.9. The Morgan fingerprint density at radius 2 is 2.26 bits per heavy atom. The average Bonchev–Trinajstić information content (AvgIpc) is 2.71. The van der Waals surface area contributed by atoms with Crippen LogP contribution < -0.4 is 15.1 Å². The normalized spacial score (nSPS) is 28.8. The van der Waals surface area contributed by atoms with Gasteiger partial charge in [-0.25, -0.2) is 4.79 Å². The molecule has 0 aliphatic carbocycles. The predicted octanol–water partition coefficient (Wildman–Crippen LogP) is 0.525. The van der Waals surface area contributed by atoms with Gasteiger partial charge in [-0.2, -0.15) is 0 Å². The molecule has 0 bridgehead atoms. The number of quaternary nitrogens is 1. The van der Waals surface area contributed by atoms with Gasteiger partial charge in [-0.05, 0) is 18.6 Å². The largest absolute Gasteiger partial charge is 0.341 e. The lowest BCUT2D eigenvalue weighted by molar-refractivity contribution is -0.886. The molecule has 4 heteroatoms. The highest BCUT2D eigenvalue weighted by Crippen LogP contribution is 2.42. The van der Waals surface area contributed by atoms with Crippen LogP contribution in [0.3, 0.4) is 0 Å². The molecule has 1 saturated heterocycles. The number of hydrogen-bond acceptors (Lipinski definition) is 1. The number of rotatable bonds is 0. The number of amides is 2. The minimum atomic E-state index is 0.0251. The van der Waals surface area contributed by atoms with Gasteiger partial charge in [0.2, 0.25) is 0 Å². The van der Waals surface area contributed by atoms with Gasteiger partial charge < -0.3 is 10.2 Å². The highest BCUT2D eigenvalue weighted by atomic mass is 16.2. The number of anilines is 1. The minimum absolute atomic E-state index is 0.0251. The van der Waals surface area contributed by atoms with Crippen LogP contribution in [0.5, 0.6) is 0 Å². The first-order valence-electron chi connectivity index (χ1n) is 7.04. The zero-order valence-corrected chi connectivity index (χ0v) is 11.9. The summed E-state index contributed by atoms with van der Waals surface area (Å²) >= 11 is 0. The Morgan fingerprint density at radius 1 is 1.47 bits per heavy atom. The Kier molecular flexibility index (Phi) is 2.97. The molecule has 3 atom stereocenters. The van der Waals surface area contributed by atoms with Gasteiger partial charge in [0.1, 0.15) is 0 Å². The van der Waals surface area contributed by atoms with Crippen LogP contribution in [-0.2, 0) is 0 Å². The summed E-state index contributed by atoms with van der Waals surface area (Å²) in [4.78, 5) is 15.7. The molecule has 3 rings (SSSR count). The number of piperidine rings is 1. The molecule has 19 heavy (non-hydrogen) atoms. The highest BCUT2D eigenvalue weighted by molar-refractivity contribution is 5.95. The number of aryl methyl sites for hydroxylation is 1. The van der Waals surface area contributed by atoms with Crippen molar-refractivity contribution in [3.05, 3.63) is 29.3 Å². The van der Waals surface area contributed by atoms with E-state index in [9.17, 15) is 4.79 Å². The summed E-state index contributed by atoms with van der Waals surface area (Å²) in [5, 5.41) is 2.79. The standard InChI is InChI=1S/C15H21N3O/c1-10-4-5-13-11(8-10)12-9-17(3)7-6-14(12)18(13)15(19)16-2/h4-5,8,12,14H,6-7,9H2,1-3H3,(H,16,19)/p+1/t12-,14-/m1/s1. The van der Waals surface area contributed by atoms with Gasteiger partial charge in [-0.3, -0.25) is 4.90 Å². The number of likely N-dealkylation sites (tertiary alicyclic amines) is 1. The van der Waals surface area contributed by atoms with Crippen molar-refractivity contribution in [2.24, 2.45) is 0 Å². The van der Waals surface area contributed by atoms with E-state index in [1.807, 2.05) is 4.90 Å². The summed E-state index contributed by atoms with van der Waals surface area (Å²) < 4.78 is 0. The second-order valence-electron chi connectivity index (χ2n) is 5.86. The minimum Gasteiger partial charge on any atom is -0.341 e. The molecular formula is C15H22N3O+. The predicted molar refractivity (Wildman–Crippen MR) is 75.9 cm³/mol. The van der Waals surface area contributed by atoms with Crippen LogP contribution in [0.2, 0.25) is 0 Å². The fraction of sp³-hybridized carbons (Fsp3) is 0.533. The summed E-state index contributed by atoms with van der Waals surface area (Å²) in [5.41, 5.74) is 3.74. The van der Waals surface area contributed by atoms with E-state index in [2.05, 4.69) is 37.5 Å². The molecule has 0 radical (unpaired) electrons. The van der Waals surface area contributed by atoms with Gasteiger partial charge in [0, 0.05) is 19.2 Å². The number of fused-ring (bicyclic) bond motifs is 3. The maximum atomic E-state index is 12.2. The van der Waals surface area contributed by atoms with Crippen molar-refractivity contribution < 1.29 is 9.69 Å². The van der Waals surface area contributed by atoms with Gasteiger partial charge >= 0.3 is 6.03 Å². The second kappa shape index (κ2) is 4.53. The van der Waals surface area contributed by atoms with Crippen LogP contribution in [0.4, 0.5) is 10.5 Å².